The van der Waals surface area contributed by atoms with Gasteiger partial charge in [-0.3, -0.25) is 15.1 Å². The molecule has 8 nitrogen and oxygen atoms in total. The van der Waals surface area contributed by atoms with E-state index in [2.05, 4.69) is 20.4 Å². The molecule has 1 aliphatic carbocycles. The zero-order valence-corrected chi connectivity index (χ0v) is 12.5. The number of carbonyl (C=O) groups excluding carboxylic acids is 1. The number of hydrogen-bond acceptors (Lipinski definition) is 5. The summed E-state index contributed by atoms with van der Waals surface area (Å²) in [5, 5.41) is 6.87. The minimum atomic E-state index is -0.577. The summed E-state index contributed by atoms with van der Waals surface area (Å²) >= 11 is 0. The number of aromatic amines is 1. The predicted octanol–water partition coefficient (Wildman–Crippen LogP) is 1.32. The molecule has 2 aromatic rings. The summed E-state index contributed by atoms with van der Waals surface area (Å²) in [7, 11) is 0. The van der Waals surface area contributed by atoms with Crippen molar-refractivity contribution in [2.24, 2.45) is 0 Å². The minimum Gasteiger partial charge on any atom is -0.450 e. The standard InChI is InChI=1S/C14H17N5O3/c1-3-22-14(21)16-11-7-8(2)18-19(11)13-15-10-6-4-5-9(10)12(20)17-13/h7H,3-6H2,1-2H3,(H,16,21)(H,15,17,20). The maximum Gasteiger partial charge on any atom is 0.412 e. The molecule has 2 aromatic heterocycles. The third-order valence-corrected chi connectivity index (χ3v) is 3.47. The molecular weight excluding hydrogens is 286 g/mol. The second-order valence-corrected chi connectivity index (χ2v) is 5.10. The van der Waals surface area contributed by atoms with Crippen LogP contribution in [0.25, 0.3) is 5.95 Å². The van der Waals surface area contributed by atoms with E-state index < -0.39 is 6.09 Å². The number of nitrogens with zero attached hydrogens (tertiary/aromatic N) is 3. The SMILES string of the molecule is CCOC(=O)Nc1cc(C)nn1-c1nc2c(c(=O)[nH]1)CCC2. The molecule has 3 rings (SSSR count). The number of aryl methyl sites for hydroxylation is 2. The predicted molar refractivity (Wildman–Crippen MR) is 79.4 cm³/mol. The first kappa shape index (κ1) is 14.3. The van der Waals surface area contributed by atoms with Crippen LogP contribution in [0.1, 0.15) is 30.3 Å². The van der Waals surface area contributed by atoms with Crippen LogP contribution in [0.4, 0.5) is 10.6 Å². The van der Waals surface area contributed by atoms with Crippen molar-refractivity contribution in [1.29, 1.82) is 0 Å². The number of H-pyrrole nitrogens is 1. The smallest absolute Gasteiger partial charge is 0.412 e. The quantitative estimate of drug-likeness (QED) is 0.890. The molecule has 0 atom stereocenters. The van der Waals surface area contributed by atoms with Gasteiger partial charge in [-0.1, -0.05) is 0 Å². The van der Waals surface area contributed by atoms with E-state index in [0.29, 0.717) is 17.5 Å². The van der Waals surface area contributed by atoms with Crippen LogP contribution in [0.5, 0.6) is 0 Å². The summed E-state index contributed by atoms with van der Waals surface area (Å²) in [6, 6.07) is 1.68. The number of amides is 1. The summed E-state index contributed by atoms with van der Waals surface area (Å²) in [6.07, 6.45) is 1.89. The first-order valence-electron chi connectivity index (χ1n) is 7.21. The molecule has 2 N–H and O–H groups in total. The van der Waals surface area contributed by atoms with Gasteiger partial charge in [0.15, 0.2) is 0 Å². The Morgan fingerprint density at radius 2 is 2.32 bits per heavy atom. The summed E-state index contributed by atoms with van der Waals surface area (Å²) in [5.74, 6) is 0.697. The van der Waals surface area contributed by atoms with Crippen molar-refractivity contribution in [3.05, 3.63) is 33.4 Å². The lowest BCUT2D eigenvalue weighted by Crippen LogP contribution is -2.21. The van der Waals surface area contributed by atoms with Gasteiger partial charge < -0.3 is 4.74 Å². The van der Waals surface area contributed by atoms with Crippen molar-refractivity contribution in [3.8, 4) is 5.95 Å². The van der Waals surface area contributed by atoms with Gasteiger partial charge in [-0.25, -0.2) is 9.78 Å². The van der Waals surface area contributed by atoms with Crippen LogP contribution < -0.4 is 10.9 Å². The summed E-state index contributed by atoms with van der Waals surface area (Å²) in [4.78, 5) is 30.9. The monoisotopic (exact) mass is 303 g/mol. The van der Waals surface area contributed by atoms with E-state index in [4.69, 9.17) is 4.74 Å². The number of hydrogen-bond donors (Lipinski definition) is 2. The molecule has 116 valence electrons. The first-order chi connectivity index (χ1) is 10.6. The third kappa shape index (κ3) is 2.59. The van der Waals surface area contributed by atoms with Gasteiger partial charge in [-0.05, 0) is 33.1 Å². The van der Waals surface area contributed by atoms with Gasteiger partial charge in [0.1, 0.15) is 5.82 Å². The van der Waals surface area contributed by atoms with Gasteiger partial charge in [0.2, 0.25) is 5.95 Å². The van der Waals surface area contributed by atoms with Crippen LogP contribution >= 0.6 is 0 Å². The Kier molecular flexibility index (Phi) is 3.66. The number of aromatic nitrogens is 4. The summed E-state index contributed by atoms with van der Waals surface area (Å²) in [5.41, 5.74) is 2.09. The highest BCUT2D eigenvalue weighted by molar-refractivity contribution is 5.83. The molecular formula is C14H17N5O3. The fourth-order valence-corrected chi connectivity index (χ4v) is 2.55. The van der Waals surface area contributed by atoms with Crippen LogP contribution in [0.3, 0.4) is 0 Å². The van der Waals surface area contributed by atoms with E-state index in [-0.39, 0.29) is 12.2 Å². The minimum absolute atomic E-state index is 0.146. The zero-order chi connectivity index (χ0) is 15.7. The fraction of sp³-hybridized carbons (Fsp3) is 0.429. The van der Waals surface area contributed by atoms with E-state index in [1.165, 1.54) is 4.68 Å². The number of anilines is 1. The van der Waals surface area contributed by atoms with Crippen molar-refractivity contribution in [3.63, 3.8) is 0 Å². The topological polar surface area (TPSA) is 102 Å². The molecule has 0 bridgehead atoms. The second-order valence-electron chi connectivity index (χ2n) is 5.10. The average Bonchev–Trinajstić information content (AvgIpc) is 3.05. The highest BCUT2D eigenvalue weighted by Gasteiger charge is 2.20. The second kappa shape index (κ2) is 5.63. The van der Waals surface area contributed by atoms with Gasteiger partial charge in [-0.15, -0.1) is 0 Å². The third-order valence-electron chi connectivity index (χ3n) is 3.47. The fourth-order valence-electron chi connectivity index (χ4n) is 2.55. The molecule has 8 heteroatoms. The van der Waals surface area contributed by atoms with Gasteiger partial charge in [0.25, 0.3) is 5.56 Å². The molecule has 0 fully saturated rings. The Labute approximate surface area is 126 Å². The number of nitrogens with one attached hydrogen (secondary N) is 2. The first-order valence-corrected chi connectivity index (χ1v) is 7.21. The lowest BCUT2D eigenvalue weighted by Gasteiger charge is -2.09. The molecule has 0 aromatic carbocycles. The molecule has 0 saturated heterocycles. The Morgan fingerprint density at radius 1 is 1.50 bits per heavy atom. The van der Waals surface area contributed by atoms with Crippen LogP contribution in [0.2, 0.25) is 0 Å². The van der Waals surface area contributed by atoms with Crippen LogP contribution in [-0.2, 0) is 17.6 Å². The number of fused-ring (bicyclic) bond motifs is 1. The van der Waals surface area contributed by atoms with Crippen molar-refractivity contribution < 1.29 is 9.53 Å². The maximum atomic E-state index is 12.1. The van der Waals surface area contributed by atoms with Gasteiger partial charge in [0.05, 0.1) is 18.0 Å². The Bertz CT molecular complexity index is 777. The van der Waals surface area contributed by atoms with Crippen LogP contribution in [0, 0.1) is 6.92 Å². The van der Waals surface area contributed by atoms with Gasteiger partial charge >= 0.3 is 6.09 Å². The molecule has 0 saturated carbocycles. The van der Waals surface area contributed by atoms with Crippen molar-refractivity contribution >= 4 is 11.9 Å². The normalized spacial score (nSPS) is 13.0. The van der Waals surface area contributed by atoms with Crippen molar-refractivity contribution in [2.45, 2.75) is 33.1 Å². The van der Waals surface area contributed by atoms with Crippen molar-refractivity contribution in [1.82, 2.24) is 19.7 Å². The Hall–Kier alpha value is -2.64. The number of rotatable bonds is 3. The Morgan fingerprint density at radius 3 is 3.09 bits per heavy atom. The van der Waals surface area contributed by atoms with Crippen LogP contribution in [0.15, 0.2) is 10.9 Å². The van der Waals surface area contributed by atoms with E-state index >= 15 is 0 Å². The van der Waals surface area contributed by atoms with E-state index in [1.54, 1.807) is 19.9 Å². The lowest BCUT2D eigenvalue weighted by molar-refractivity contribution is 0.167. The van der Waals surface area contributed by atoms with Crippen molar-refractivity contribution in [2.75, 3.05) is 11.9 Å². The number of carbonyl (C=O) groups is 1. The van der Waals surface area contributed by atoms with E-state index in [1.807, 2.05) is 0 Å². The van der Waals surface area contributed by atoms with Gasteiger partial charge in [0, 0.05) is 11.6 Å². The average molecular weight is 303 g/mol. The highest BCUT2D eigenvalue weighted by Crippen LogP contribution is 2.19. The highest BCUT2D eigenvalue weighted by atomic mass is 16.5. The summed E-state index contributed by atoms with van der Waals surface area (Å²) in [6.45, 7) is 3.78. The largest absolute Gasteiger partial charge is 0.450 e. The molecule has 1 aliphatic rings. The summed E-state index contributed by atoms with van der Waals surface area (Å²) < 4.78 is 6.27. The van der Waals surface area contributed by atoms with E-state index in [0.717, 1.165) is 30.5 Å². The Balaban J connectivity index is 2.00. The molecule has 1 amide bonds. The number of ether oxygens (including phenoxy) is 1. The molecule has 22 heavy (non-hydrogen) atoms. The lowest BCUT2D eigenvalue weighted by atomic mass is 10.3. The molecule has 0 unspecified atom stereocenters. The zero-order valence-electron chi connectivity index (χ0n) is 12.5. The maximum absolute atomic E-state index is 12.1. The molecule has 0 radical (unpaired) electrons. The van der Waals surface area contributed by atoms with E-state index in [9.17, 15) is 9.59 Å². The molecule has 2 heterocycles. The molecule has 0 spiro atoms. The van der Waals surface area contributed by atoms with Crippen LogP contribution in [-0.4, -0.2) is 32.4 Å². The van der Waals surface area contributed by atoms with Gasteiger partial charge in [-0.2, -0.15) is 9.78 Å². The molecule has 0 aliphatic heterocycles.